The van der Waals surface area contributed by atoms with E-state index in [1.165, 1.54) is 5.01 Å². The van der Waals surface area contributed by atoms with Gasteiger partial charge in [0.1, 0.15) is 0 Å². The lowest BCUT2D eigenvalue weighted by Gasteiger charge is -2.13. The fourth-order valence-corrected chi connectivity index (χ4v) is 2.16. The summed E-state index contributed by atoms with van der Waals surface area (Å²) in [6.07, 6.45) is 2.63. The molecule has 1 aliphatic heterocycles. The highest BCUT2D eigenvalue weighted by Gasteiger charge is 2.20. The van der Waals surface area contributed by atoms with Crippen LogP contribution in [-0.4, -0.2) is 38.9 Å². The third kappa shape index (κ3) is 4.01. The lowest BCUT2D eigenvalue weighted by Crippen LogP contribution is -2.20. The molecule has 1 atom stereocenters. The Morgan fingerprint density at radius 1 is 1.36 bits per heavy atom. The van der Waals surface area contributed by atoms with Gasteiger partial charge in [-0.3, -0.25) is 9.19 Å². The molecule has 0 aliphatic carbocycles. The average Bonchev–Trinajstić information content (AvgIpc) is 2.27. The molecule has 0 aromatic heterocycles. The quantitative estimate of drug-likeness (QED) is 0.513. The molecule has 1 unspecified atom stereocenters. The van der Waals surface area contributed by atoms with Crippen LogP contribution >= 0.6 is 0 Å². The molecule has 0 N–H and O–H groups in total. The van der Waals surface area contributed by atoms with E-state index in [2.05, 4.69) is 5.29 Å². The molecule has 0 amide bonds. The smallest absolute Gasteiger partial charge is 0.264 e. The van der Waals surface area contributed by atoms with E-state index in [0.717, 1.165) is 12.7 Å². The molecule has 1 fully saturated rings. The Hall–Kier alpha value is -0.690. The first-order valence-electron chi connectivity index (χ1n) is 4.48. The Morgan fingerprint density at radius 2 is 2.07 bits per heavy atom. The highest BCUT2D eigenvalue weighted by Crippen LogP contribution is 2.15. The van der Waals surface area contributed by atoms with Gasteiger partial charge in [0.25, 0.3) is 10.1 Å². The highest BCUT2D eigenvalue weighted by atomic mass is 32.2. The molecular formula is C7H14N2O4S. The van der Waals surface area contributed by atoms with Gasteiger partial charge in [-0.05, 0) is 19.3 Å². The summed E-state index contributed by atoms with van der Waals surface area (Å²) in [6.45, 7) is 1.04. The van der Waals surface area contributed by atoms with Crippen LogP contribution in [0.15, 0.2) is 5.29 Å². The van der Waals surface area contributed by atoms with Gasteiger partial charge in [-0.1, -0.05) is 0 Å². The maximum absolute atomic E-state index is 10.8. The molecule has 1 saturated heterocycles. The Kier molecular flexibility index (Phi) is 3.82. The minimum Gasteiger partial charge on any atom is -0.267 e. The fourth-order valence-electron chi connectivity index (χ4n) is 1.48. The molecule has 0 spiro atoms. The number of nitrogens with zero attached hydrogens (tertiary/aromatic N) is 2. The molecule has 7 heteroatoms. The standard InChI is InChI=1S/C7H14N2O4S/c1-14(11,12)13-7-3-2-5-9(8-10)6-4-7/h7H,2-6H2,1H3. The number of hydrogen-bond donors (Lipinski definition) is 0. The van der Waals surface area contributed by atoms with Crippen LogP contribution in [0.25, 0.3) is 0 Å². The molecule has 0 aromatic rings. The van der Waals surface area contributed by atoms with Crippen LogP contribution in [0, 0.1) is 4.91 Å². The summed E-state index contributed by atoms with van der Waals surface area (Å²) in [7, 11) is -3.39. The van der Waals surface area contributed by atoms with E-state index < -0.39 is 10.1 Å². The summed E-state index contributed by atoms with van der Waals surface area (Å²) >= 11 is 0. The van der Waals surface area contributed by atoms with Crippen molar-refractivity contribution in [2.75, 3.05) is 19.3 Å². The van der Waals surface area contributed by atoms with Gasteiger partial charge in [0, 0.05) is 13.1 Å². The summed E-state index contributed by atoms with van der Waals surface area (Å²) in [5, 5.41) is 4.21. The number of nitroso groups, excluding NO2 is 1. The first kappa shape index (κ1) is 11.4. The summed E-state index contributed by atoms with van der Waals surface area (Å²) in [6, 6.07) is 0. The lowest BCUT2D eigenvalue weighted by molar-refractivity contribution is 0.190. The summed E-state index contributed by atoms with van der Waals surface area (Å²) in [5.41, 5.74) is 0. The molecule has 1 heterocycles. The third-order valence-corrected chi connectivity index (χ3v) is 2.70. The van der Waals surface area contributed by atoms with Gasteiger partial charge in [0.2, 0.25) is 0 Å². The van der Waals surface area contributed by atoms with E-state index >= 15 is 0 Å². The second-order valence-corrected chi connectivity index (χ2v) is 4.99. The second-order valence-electron chi connectivity index (χ2n) is 3.39. The largest absolute Gasteiger partial charge is 0.267 e. The zero-order valence-corrected chi connectivity index (χ0v) is 8.87. The minimum atomic E-state index is -3.39. The van der Waals surface area contributed by atoms with Crippen molar-refractivity contribution in [2.45, 2.75) is 25.4 Å². The zero-order valence-electron chi connectivity index (χ0n) is 8.05. The third-order valence-electron chi connectivity index (χ3n) is 2.08. The SMILES string of the molecule is CS(=O)(=O)OC1CCCN(N=O)CC1. The van der Waals surface area contributed by atoms with Gasteiger partial charge in [-0.25, -0.2) is 0 Å². The Bertz CT molecular complexity index is 290. The van der Waals surface area contributed by atoms with E-state index in [9.17, 15) is 13.3 Å². The fraction of sp³-hybridized carbons (Fsp3) is 1.00. The van der Waals surface area contributed by atoms with Crippen LogP contribution < -0.4 is 0 Å². The van der Waals surface area contributed by atoms with E-state index in [4.69, 9.17) is 4.18 Å². The average molecular weight is 222 g/mol. The van der Waals surface area contributed by atoms with Gasteiger partial charge in [0.05, 0.1) is 17.6 Å². The number of rotatable bonds is 3. The van der Waals surface area contributed by atoms with E-state index in [1.807, 2.05) is 0 Å². The molecule has 14 heavy (non-hydrogen) atoms. The Morgan fingerprint density at radius 3 is 2.64 bits per heavy atom. The molecule has 1 rings (SSSR count). The minimum absolute atomic E-state index is 0.309. The topological polar surface area (TPSA) is 76.0 Å². The van der Waals surface area contributed by atoms with Crippen molar-refractivity contribution in [1.29, 1.82) is 0 Å². The summed E-state index contributed by atoms with van der Waals surface area (Å²) in [5.74, 6) is 0. The molecular weight excluding hydrogens is 208 g/mol. The van der Waals surface area contributed by atoms with Crippen molar-refractivity contribution in [3.05, 3.63) is 4.91 Å². The van der Waals surface area contributed by atoms with E-state index in [-0.39, 0.29) is 6.10 Å². The highest BCUT2D eigenvalue weighted by molar-refractivity contribution is 7.86. The zero-order chi connectivity index (χ0) is 10.6. The van der Waals surface area contributed by atoms with Gasteiger partial charge in [-0.2, -0.15) is 8.42 Å². The van der Waals surface area contributed by atoms with Crippen LogP contribution in [0.4, 0.5) is 0 Å². The van der Waals surface area contributed by atoms with E-state index in [0.29, 0.717) is 25.9 Å². The lowest BCUT2D eigenvalue weighted by atomic mass is 10.2. The molecule has 6 nitrogen and oxygen atoms in total. The molecule has 82 valence electrons. The predicted octanol–water partition coefficient (Wildman–Crippen LogP) is 0.499. The molecule has 0 bridgehead atoms. The van der Waals surface area contributed by atoms with Crippen molar-refractivity contribution < 1.29 is 12.6 Å². The van der Waals surface area contributed by atoms with Crippen molar-refractivity contribution in [3.8, 4) is 0 Å². The Balaban J connectivity index is 2.46. The van der Waals surface area contributed by atoms with Crippen LogP contribution in [0.5, 0.6) is 0 Å². The monoisotopic (exact) mass is 222 g/mol. The van der Waals surface area contributed by atoms with Crippen molar-refractivity contribution in [1.82, 2.24) is 5.01 Å². The maximum Gasteiger partial charge on any atom is 0.264 e. The van der Waals surface area contributed by atoms with Crippen LogP contribution in [0.1, 0.15) is 19.3 Å². The second kappa shape index (κ2) is 4.70. The van der Waals surface area contributed by atoms with Gasteiger partial charge in [-0.15, -0.1) is 4.91 Å². The maximum atomic E-state index is 10.8. The van der Waals surface area contributed by atoms with Gasteiger partial charge in [0.15, 0.2) is 0 Å². The van der Waals surface area contributed by atoms with Crippen LogP contribution in [0.2, 0.25) is 0 Å². The van der Waals surface area contributed by atoms with Crippen LogP contribution in [-0.2, 0) is 14.3 Å². The van der Waals surface area contributed by atoms with Gasteiger partial charge < -0.3 is 0 Å². The summed E-state index contributed by atoms with van der Waals surface area (Å²) < 4.78 is 26.5. The molecule has 0 saturated carbocycles. The molecule has 0 aromatic carbocycles. The van der Waals surface area contributed by atoms with E-state index in [1.54, 1.807) is 0 Å². The predicted molar refractivity (Wildman–Crippen MR) is 50.9 cm³/mol. The number of hydrogen-bond acceptors (Lipinski definition) is 5. The van der Waals surface area contributed by atoms with Crippen molar-refractivity contribution in [2.24, 2.45) is 5.29 Å². The van der Waals surface area contributed by atoms with Gasteiger partial charge >= 0.3 is 0 Å². The first-order valence-corrected chi connectivity index (χ1v) is 6.29. The summed E-state index contributed by atoms with van der Waals surface area (Å²) in [4.78, 5) is 10.2. The normalized spacial score (nSPS) is 24.4. The Labute approximate surface area is 83.3 Å². The van der Waals surface area contributed by atoms with Crippen molar-refractivity contribution >= 4 is 10.1 Å². The van der Waals surface area contributed by atoms with Crippen molar-refractivity contribution in [3.63, 3.8) is 0 Å². The molecule has 0 radical (unpaired) electrons. The molecule has 1 aliphatic rings. The van der Waals surface area contributed by atoms with Crippen LogP contribution in [0.3, 0.4) is 0 Å². The first-order chi connectivity index (χ1) is 6.51.